The molecule has 0 saturated carbocycles. The number of benzene rings is 1. The molecule has 140 valence electrons. The van der Waals surface area contributed by atoms with Gasteiger partial charge in [-0.25, -0.2) is 0 Å². The summed E-state index contributed by atoms with van der Waals surface area (Å²) < 4.78 is 44.3. The number of para-hydroxylation sites is 1. The van der Waals surface area contributed by atoms with E-state index < -0.39 is 30.1 Å². The van der Waals surface area contributed by atoms with Crippen LogP contribution in [-0.2, 0) is 11.0 Å². The van der Waals surface area contributed by atoms with Crippen LogP contribution in [0, 0.1) is 20.8 Å². The first-order valence-corrected chi connectivity index (χ1v) is 7.80. The number of rotatable bonds is 4. The molecule has 0 saturated heterocycles. The van der Waals surface area contributed by atoms with Crippen molar-refractivity contribution in [2.75, 3.05) is 18.9 Å². The summed E-state index contributed by atoms with van der Waals surface area (Å²) in [6.07, 6.45) is -4.59. The molecule has 0 fully saturated rings. The van der Waals surface area contributed by atoms with Crippen molar-refractivity contribution in [3.8, 4) is 0 Å². The van der Waals surface area contributed by atoms with Crippen LogP contribution < -0.4 is 5.32 Å². The Balaban J connectivity index is 2.12. The Morgan fingerprint density at radius 2 is 1.73 bits per heavy atom. The summed E-state index contributed by atoms with van der Waals surface area (Å²) in [6.45, 7) is 4.70. The molecule has 1 aromatic heterocycles. The number of hydrogen-bond acceptors (Lipinski definition) is 3. The molecule has 0 bridgehead atoms. The molecule has 1 N–H and O–H groups in total. The Kier molecular flexibility index (Phi) is 5.44. The van der Waals surface area contributed by atoms with E-state index in [1.165, 1.54) is 19.2 Å². The second kappa shape index (κ2) is 7.23. The molecule has 2 amide bonds. The van der Waals surface area contributed by atoms with Crippen molar-refractivity contribution in [3.63, 3.8) is 0 Å². The van der Waals surface area contributed by atoms with E-state index in [9.17, 15) is 22.8 Å². The molecule has 0 atom stereocenters. The summed E-state index contributed by atoms with van der Waals surface area (Å²) in [5.74, 6) is -0.133. The highest BCUT2D eigenvalue weighted by molar-refractivity contribution is 6.00. The Hall–Kier alpha value is -2.77. The first-order chi connectivity index (χ1) is 12.0. The van der Waals surface area contributed by atoms with E-state index in [2.05, 4.69) is 5.32 Å². The highest BCUT2D eigenvalue weighted by Gasteiger charge is 2.33. The van der Waals surface area contributed by atoms with Crippen molar-refractivity contribution in [1.82, 2.24) is 4.90 Å². The van der Waals surface area contributed by atoms with Crippen LogP contribution in [0.4, 0.5) is 18.9 Å². The van der Waals surface area contributed by atoms with Gasteiger partial charge < -0.3 is 14.6 Å². The molecule has 1 heterocycles. The minimum absolute atomic E-state index is 0.350. The lowest BCUT2D eigenvalue weighted by atomic mass is 10.1. The van der Waals surface area contributed by atoms with Crippen molar-refractivity contribution in [2.45, 2.75) is 26.9 Å². The molecule has 0 aliphatic carbocycles. The zero-order valence-electron chi connectivity index (χ0n) is 14.8. The average molecular weight is 368 g/mol. The third kappa shape index (κ3) is 4.07. The predicted octanol–water partition coefficient (Wildman–Crippen LogP) is 3.93. The quantitative estimate of drug-likeness (QED) is 0.889. The summed E-state index contributed by atoms with van der Waals surface area (Å²) in [7, 11) is 1.40. The van der Waals surface area contributed by atoms with E-state index in [4.69, 9.17) is 4.42 Å². The van der Waals surface area contributed by atoms with Crippen molar-refractivity contribution in [1.29, 1.82) is 0 Å². The highest BCUT2D eigenvalue weighted by atomic mass is 19.4. The largest absolute Gasteiger partial charge is 0.466 e. The van der Waals surface area contributed by atoms with E-state index in [-0.39, 0.29) is 5.69 Å². The van der Waals surface area contributed by atoms with Crippen molar-refractivity contribution >= 4 is 17.5 Å². The molecule has 2 rings (SSSR count). The summed E-state index contributed by atoms with van der Waals surface area (Å²) in [6, 6.07) is 4.67. The van der Waals surface area contributed by atoms with Crippen LogP contribution in [0.1, 0.15) is 33.0 Å². The maximum absolute atomic E-state index is 13.0. The maximum Gasteiger partial charge on any atom is 0.418 e. The molecule has 8 heteroatoms. The Labute approximate surface area is 148 Å². The van der Waals surface area contributed by atoms with Gasteiger partial charge in [0, 0.05) is 12.6 Å². The van der Waals surface area contributed by atoms with Gasteiger partial charge in [0.1, 0.15) is 11.5 Å². The van der Waals surface area contributed by atoms with Crippen molar-refractivity contribution in [2.24, 2.45) is 0 Å². The minimum atomic E-state index is -4.59. The lowest BCUT2D eigenvalue weighted by molar-refractivity contribution is -0.137. The average Bonchev–Trinajstić information content (AvgIpc) is 2.78. The summed E-state index contributed by atoms with van der Waals surface area (Å²) >= 11 is 0. The number of furan rings is 1. The number of alkyl halides is 3. The zero-order chi connectivity index (χ0) is 19.6. The third-order valence-electron chi connectivity index (χ3n) is 4.01. The molecule has 2 aromatic rings. The molecule has 0 unspecified atom stereocenters. The highest BCUT2D eigenvalue weighted by Crippen LogP contribution is 2.34. The van der Waals surface area contributed by atoms with Crippen molar-refractivity contribution in [3.05, 3.63) is 52.5 Å². The van der Waals surface area contributed by atoms with Gasteiger partial charge in [-0.05, 0) is 32.9 Å². The van der Waals surface area contributed by atoms with Gasteiger partial charge in [-0.2, -0.15) is 13.2 Å². The van der Waals surface area contributed by atoms with E-state index in [1.807, 2.05) is 0 Å². The molecule has 5 nitrogen and oxygen atoms in total. The Bertz CT molecular complexity index is 841. The standard InChI is InChI=1S/C18H19F3N2O3/c1-10-11(2)26-12(3)16(10)17(25)23(4)9-15(24)22-14-8-6-5-7-13(14)18(19,20)21/h5-8H,9H2,1-4H3,(H,22,24). The molecular weight excluding hydrogens is 349 g/mol. The van der Waals surface area contributed by atoms with Gasteiger partial charge >= 0.3 is 6.18 Å². The monoisotopic (exact) mass is 368 g/mol. The Morgan fingerprint density at radius 3 is 2.27 bits per heavy atom. The minimum Gasteiger partial charge on any atom is -0.466 e. The number of likely N-dealkylation sites (N-methyl/N-ethyl adjacent to an activating group) is 1. The summed E-state index contributed by atoms with van der Waals surface area (Å²) in [4.78, 5) is 25.8. The van der Waals surface area contributed by atoms with Gasteiger partial charge in [-0.15, -0.1) is 0 Å². The fourth-order valence-electron chi connectivity index (χ4n) is 2.62. The number of carbonyl (C=O) groups excluding carboxylic acids is 2. The molecule has 1 aromatic carbocycles. The van der Waals surface area contributed by atoms with Crippen LogP contribution in [0.5, 0.6) is 0 Å². The second-order valence-corrected chi connectivity index (χ2v) is 5.97. The fourth-order valence-corrected chi connectivity index (χ4v) is 2.62. The van der Waals surface area contributed by atoms with E-state index >= 15 is 0 Å². The number of halogens is 3. The number of carbonyl (C=O) groups is 2. The van der Waals surface area contributed by atoms with Crippen molar-refractivity contribution < 1.29 is 27.2 Å². The zero-order valence-corrected chi connectivity index (χ0v) is 14.8. The van der Waals surface area contributed by atoms with E-state index in [0.29, 0.717) is 22.6 Å². The number of anilines is 1. The number of aryl methyl sites for hydroxylation is 2. The predicted molar refractivity (Wildman–Crippen MR) is 90.0 cm³/mol. The van der Waals surface area contributed by atoms with Crippen LogP contribution in [0.25, 0.3) is 0 Å². The summed E-state index contributed by atoms with van der Waals surface area (Å²) in [5.41, 5.74) is -0.271. The van der Waals surface area contributed by atoms with Gasteiger partial charge in [0.05, 0.1) is 23.4 Å². The molecule has 0 aliphatic rings. The van der Waals surface area contributed by atoms with E-state index in [1.54, 1.807) is 20.8 Å². The molecular formula is C18H19F3N2O3. The summed E-state index contributed by atoms with van der Waals surface area (Å²) in [5, 5.41) is 2.21. The van der Waals surface area contributed by atoms with Gasteiger partial charge in [0.25, 0.3) is 5.91 Å². The normalized spacial score (nSPS) is 11.3. The molecule has 0 aliphatic heterocycles. The lowest BCUT2D eigenvalue weighted by Gasteiger charge is -2.18. The lowest BCUT2D eigenvalue weighted by Crippen LogP contribution is -2.35. The Morgan fingerprint density at radius 1 is 1.12 bits per heavy atom. The smallest absolute Gasteiger partial charge is 0.418 e. The third-order valence-corrected chi connectivity index (χ3v) is 4.01. The first kappa shape index (κ1) is 19.6. The number of nitrogens with one attached hydrogen (secondary N) is 1. The molecule has 26 heavy (non-hydrogen) atoms. The number of hydrogen-bond donors (Lipinski definition) is 1. The van der Waals surface area contributed by atoms with Crippen LogP contribution in [0.15, 0.2) is 28.7 Å². The van der Waals surface area contributed by atoms with Gasteiger partial charge in [-0.1, -0.05) is 12.1 Å². The molecule has 0 spiro atoms. The van der Waals surface area contributed by atoms with Crippen LogP contribution in [0.3, 0.4) is 0 Å². The van der Waals surface area contributed by atoms with Gasteiger partial charge in [0.2, 0.25) is 5.91 Å². The fraction of sp³-hybridized carbons (Fsp3) is 0.333. The SMILES string of the molecule is Cc1oc(C)c(C(=O)N(C)CC(=O)Nc2ccccc2C(F)(F)F)c1C. The number of nitrogens with zero attached hydrogens (tertiary/aromatic N) is 1. The number of amides is 2. The maximum atomic E-state index is 13.0. The van der Waals surface area contributed by atoms with Gasteiger partial charge in [-0.3, -0.25) is 9.59 Å². The van der Waals surface area contributed by atoms with Crippen LogP contribution >= 0.6 is 0 Å². The second-order valence-electron chi connectivity index (χ2n) is 5.97. The van der Waals surface area contributed by atoms with E-state index in [0.717, 1.165) is 17.0 Å². The topological polar surface area (TPSA) is 62.6 Å². The van der Waals surface area contributed by atoms with Gasteiger partial charge in [0.15, 0.2) is 0 Å². The first-order valence-electron chi connectivity index (χ1n) is 7.80. The van der Waals surface area contributed by atoms with Crippen LogP contribution in [-0.4, -0.2) is 30.3 Å². The molecule has 0 radical (unpaired) electrons. The van der Waals surface area contributed by atoms with Crippen LogP contribution in [0.2, 0.25) is 0 Å².